The molecule has 0 bridgehead atoms. The first-order valence-corrected chi connectivity index (χ1v) is 25.3. The average Bonchev–Trinajstić information content (AvgIpc) is 3.19. The Balaban J connectivity index is 4.21. The number of carbonyl (C=O) groups is 3. The number of hydrogen-bond donors (Lipinski definition) is 0. The van der Waals surface area contributed by atoms with E-state index in [0.717, 1.165) is 69.6 Å². The van der Waals surface area contributed by atoms with E-state index in [0.29, 0.717) is 19.3 Å². The Hall–Kier alpha value is -1.59. The molecule has 0 N–H and O–H groups in total. The van der Waals surface area contributed by atoms with Crippen LogP contribution in [0.15, 0.2) is 0 Å². The molecular formula is C51H98O6. The van der Waals surface area contributed by atoms with Crippen molar-refractivity contribution in [1.29, 1.82) is 0 Å². The SMILES string of the molecule is CCCCCCCCCCCCC(=O)O[C@@H](COC(=O)CCCCCCCCCCCCCCCCCCC(C)C)COC(=O)CCCCCCCCC(C)CC. The molecule has 6 nitrogen and oxygen atoms in total. The van der Waals surface area contributed by atoms with Gasteiger partial charge in [-0.05, 0) is 31.1 Å². The zero-order valence-electron chi connectivity index (χ0n) is 39.0. The van der Waals surface area contributed by atoms with Crippen LogP contribution in [0.25, 0.3) is 0 Å². The standard InChI is InChI=1S/C51H98O6/c1-6-8-9-10-11-12-22-26-33-38-43-51(54)57-48(45-56-50(53)42-37-32-28-27-30-35-40-47(5)7-2)44-55-49(52)41-36-31-25-23-20-18-16-14-13-15-17-19-21-24-29-34-39-46(3)4/h46-48H,6-45H2,1-5H3/t47?,48-/m0/s1. The third-order valence-corrected chi connectivity index (χ3v) is 11.8. The lowest BCUT2D eigenvalue weighted by Crippen LogP contribution is -2.30. The maximum Gasteiger partial charge on any atom is 0.306 e. The van der Waals surface area contributed by atoms with Crippen LogP contribution in [0, 0.1) is 11.8 Å². The largest absolute Gasteiger partial charge is 0.462 e. The van der Waals surface area contributed by atoms with Crippen LogP contribution in [0.2, 0.25) is 0 Å². The van der Waals surface area contributed by atoms with Crippen molar-refractivity contribution in [2.24, 2.45) is 11.8 Å². The summed E-state index contributed by atoms with van der Waals surface area (Å²) in [6.07, 6.45) is 43.8. The molecule has 0 amide bonds. The van der Waals surface area contributed by atoms with Crippen LogP contribution in [0.4, 0.5) is 0 Å². The van der Waals surface area contributed by atoms with Gasteiger partial charge in [0.2, 0.25) is 0 Å². The second-order valence-electron chi connectivity index (χ2n) is 18.2. The van der Waals surface area contributed by atoms with Crippen molar-refractivity contribution in [3.05, 3.63) is 0 Å². The first-order chi connectivity index (χ1) is 27.8. The Morgan fingerprint density at radius 1 is 0.368 bits per heavy atom. The van der Waals surface area contributed by atoms with Crippen molar-refractivity contribution in [2.75, 3.05) is 13.2 Å². The molecule has 0 fully saturated rings. The van der Waals surface area contributed by atoms with Crippen LogP contribution in [0.3, 0.4) is 0 Å². The molecule has 0 aliphatic rings. The highest BCUT2D eigenvalue weighted by atomic mass is 16.6. The van der Waals surface area contributed by atoms with E-state index in [1.165, 1.54) is 167 Å². The lowest BCUT2D eigenvalue weighted by molar-refractivity contribution is -0.167. The van der Waals surface area contributed by atoms with Gasteiger partial charge in [-0.1, -0.05) is 240 Å². The molecule has 0 rings (SSSR count). The molecule has 0 aliphatic heterocycles. The fraction of sp³-hybridized carbons (Fsp3) is 0.941. The van der Waals surface area contributed by atoms with E-state index < -0.39 is 6.10 Å². The van der Waals surface area contributed by atoms with Crippen LogP contribution in [0.1, 0.15) is 279 Å². The van der Waals surface area contributed by atoms with Crippen LogP contribution in [-0.2, 0) is 28.6 Å². The van der Waals surface area contributed by atoms with E-state index in [-0.39, 0.29) is 31.1 Å². The predicted octanol–water partition coefficient (Wildman–Crippen LogP) is 16.1. The Morgan fingerprint density at radius 3 is 1.00 bits per heavy atom. The van der Waals surface area contributed by atoms with Crippen molar-refractivity contribution in [2.45, 2.75) is 285 Å². The molecule has 0 aromatic heterocycles. The lowest BCUT2D eigenvalue weighted by atomic mass is 10.00. The highest BCUT2D eigenvalue weighted by Gasteiger charge is 2.19. The summed E-state index contributed by atoms with van der Waals surface area (Å²) in [4.78, 5) is 37.8. The Labute approximate surface area is 355 Å². The highest BCUT2D eigenvalue weighted by Crippen LogP contribution is 2.17. The van der Waals surface area contributed by atoms with Crippen molar-refractivity contribution in [1.82, 2.24) is 0 Å². The molecule has 0 saturated heterocycles. The van der Waals surface area contributed by atoms with Crippen molar-refractivity contribution < 1.29 is 28.6 Å². The molecule has 0 radical (unpaired) electrons. The van der Waals surface area contributed by atoms with Gasteiger partial charge in [-0.25, -0.2) is 0 Å². The number of hydrogen-bond acceptors (Lipinski definition) is 6. The summed E-state index contributed by atoms with van der Waals surface area (Å²) in [6, 6.07) is 0. The predicted molar refractivity (Wildman–Crippen MR) is 243 cm³/mol. The lowest BCUT2D eigenvalue weighted by Gasteiger charge is -2.18. The maximum atomic E-state index is 12.7. The van der Waals surface area contributed by atoms with Crippen LogP contribution >= 0.6 is 0 Å². The molecule has 0 aromatic carbocycles. The molecule has 0 spiro atoms. The van der Waals surface area contributed by atoms with Gasteiger partial charge < -0.3 is 14.2 Å². The van der Waals surface area contributed by atoms with Gasteiger partial charge in [-0.2, -0.15) is 0 Å². The minimum absolute atomic E-state index is 0.0645. The summed E-state index contributed by atoms with van der Waals surface area (Å²) >= 11 is 0. The summed E-state index contributed by atoms with van der Waals surface area (Å²) < 4.78 is 16.8. The van der Waals surface area contributed by atoms with E-state index in [2.05, 4.69) is 34.6 Å². The first-order valence-electron chi connectivity index (χ1n) is 25.3. The first kappa shape index (κ1) is 55.4. The highest BCUT2D eigenvalue weighted by molar-refractivity contribution is 5.71. The normalized spacial score (nSPS) is 12.5. The van der Waals surface area contributed by atoms with E-state index in [1.807, 2.05) is 0 Å². The number of carbonyl (C=O) groups excluding carboxylic acids is 3. The number of ether oxygens (including phenoxy) is 3. The van der Waals surface area contributed by atoms with Gasteiger partial charge in [0.05, 0.1) is 0 Å². The molecule has 57 heavy (non-hydrogen) atoms. The second kappa shape index (κ2) is 44.0. The van der Waals surface area contributed by atoms with Crippen molar-refractivity contribution >= 4 is 17.9 Å². The second-order valence-corrected chi connectivity index (χ2v) is 18.2. The Kier molecular flexibility index (Phi) is 42.7. The summed E-state index contributed by atoms with van der Waals surface area (Å²) in [5, 5.41) is 0. The van der Waals surface area contributed by atoms with E-state index in [9.17, 15) is 14.4 Å². The van der Waals surface area contributed by atoms with E-state index in [4.69, 9.17) is 14.2 Å². The Morgan fingerprint density at radius 2 is 0.667 bits per heavy atom. The van der Waals surface area contributed by atoms with Gasteiger partial charge in [0.1, 0.15) is 13.2 Å². The molecule has 2 atom stereocenters. The maximum absolute atomic E-state index is 12.7. The van der Waals surface area contributed by atoms with Gasteiger partial charge in [-0.15, -0.1) is 0 Å². The molecule has 0 saturated carbocycles. The van der Waals surface area contributed by atoms with Crippen LogP contribution in [0.5, 0.6) is 0 Å². The summed E-state index contributed by atoms with van der Waals surface area (Å²) in [5.41, 5.74) is 0. The van der Waals surface area contributed by atoms with Gasteiger partial charge >= 0.3 is 17.9 Å². The smallest absolute Gasteiger partial charge is 0.306 e. The van der Waals surface area contributed by atoms with Gasteiger partial charge in [0, 0.05) is 19.3 Å². The zero-order chi connectivity index (χ0) is 41.9. The van der Waals surface area contributed by atoms with Crippen molar-refractivity contribution in [3.63, 3.8) is 0 Å². The van der Waals surface area contributed by atoms with Crippen LogP contribution < -0.4 is 0 Å². The molecular weight excluding hydrogens is 709 g/mol. The fourth-order valence-electron chi connectivity index (χ4n) is 7.60. The third-order valence-electron chi connectivity index (χ3n) is 11.8. The number of esters is 3. The van der Waals surface area contributed by atoms with E-state index >= 15 is 0 Å². The van der Waals surface area contributed by atoms with E-state index in [1.54, 1.807) is 0 Å². The number of rotatable bonds is 45. The van der Waals surface area contributed by atoms with Gasteiger partial charge in [-0.3, -0.25) is 14.4 Å². The fourth-order valence-corrected chi connectivity index (χ4v) is 7.60. The topological polar surface area (TPSA) is 78.9 Å². The molecule has 6 heteroatoms. The minimum atomic E-state index is -0.761. The molecule has 0 aromatic rings. The quantitative estimate of drug-likeness (QED) is 0.0346. The number of unbranched alkanes of at least 4 members (excludes halogenated alkanes) is 29. The van der Waals surface area contributed by atoms with Gasteiger partial charge in [0.25, 0.3) is 0 Å². The van der Waals surface area contributed by atoms with Crippen LogP contribution in [-0.4, -0.2) is 37.2 Å². The summed E-state index contributed by atoms with van der Waals surface area (Å²) in [6.45, 7) is 11.3. The monoisotopic (exact) mass is 807 g/mol. The molecule has 1 unspecified atom stereocenters. The average molecular weight is 807 g/mol. The van der Waals surface area contributed by atoms with Gasteiger partial charge in [0.15, 0.2) is 6.10 Å². The molecule has 338 valence electrons. The molecule has 0 heterocycles. The van der Waals surface area contributed by atoms with Crippen molar-refractivity contribution in [3.8, 4) is 0 Å². The summed E-state index contributed by atoms with van der Waals surface area (Å²) in [7, 11) is 0. The summed E-state index contributed by atoms with van der Waals surface area (Å²) in [5.74, 6) is 0.813. The third kappa shape index (κ3) is 43.8. The minimum Gasteiger partial charge on any atom is -0.462 e. The molecule has 0 aliphatic carbocycles. The zero-order valence-corrected chi connectivity index (χ0v) is 39.0. The Bertz CT molecular complexity index is 872.